The average molecular weight is 449 g/mol. The molecule has 164 valence electrons. The third-order valence-corrected chi connectivity index (χ3v) is 7.02. The molecule has 0 radical (unpaired) electrons. The van der Waals surface area contributed by atoms with Crippen molar-refractivity contribution in [2.75, 3.05) is 22.9 Å². The van der Waals surface area contributed by atoms with E-state index in [1.54, 1.807) is 11.8 Å². The normalized spacial score (nSPS) is 12.4. The van der Waals surface area contributed by atoms with Crippen LogP contribution in [0.3, 0.4) is 0 Å². The minimum absolute atomic E-state index is 0.264. The number of sulfonamides is 1. The Bertz CT molecular complexity index is 974. The molecule has 7 heteroatoms. The van der Waals surface area contributed by atoms with Gasteiger partial charge < -0.3 is 5.32 Å². The van der Waals surface area contributed by atoms with E-state index < -0.39 is 16.1 Å². The Morgan fingerprint density at radius 1 is 1.10 bits per heavy atom. The summed E-state index contributed by atoms with van der Waals surface area (Å²) in [7, 11) is -3.62. The standard InChI is InChI=1S/C23H32N2O3S2/c1-6-21(25(30(5,27)28)22-15-18(3)10-11-19(22)4)23(26)24-12-13-29-16-20-9-7-8-17(2)14-20/h7-11,14-15,21H,6,12-13,16H2,1-5H3,(H,24,26)/t21-/m1/s1. The predicted molar refractivity (Wildman–Crippen MR) is 128 cm³/mol. The van der Waals surface area contributed by atoms with E-state index in [4.69, 9.17) is 0 Å². The maximum absolute atomic E-state index is 12.9. The molecule has 1 atom stereocenters. The van der Waals surface area contributed by atoms with Crippen LogP contribution in [0.1, 0.15) is 35.6 Å². The molecule has 0 fully saturated rings. The first kappa shape index (κ1) is 24.3. The molecule has 0 aliphatic carbocycles. The number of anilines is 1. The van der Waals surface area contributed by atoms with Crippen LogP contribution >= 0.6 is 11.8 Å². The van der Waals surface area contributed by atoms with Gasteiger partial charge in [-0.3, -0.25) is 9.10 Å². The molecule has 1 amide bonds. The van der Waals surface area contributed by atoms with Crippen LogP contribution in [0.4, 0.5) is 5.69 Å². The molecule has 0 saturated heterocycles. The number of thioether (sulfide) groups is 1. The summed E-state index contributed by atoms with van der Waals surface area (Å²) in [5.41, 5.74) is 4.84. The third-order valence-electron chi connectivity index (χ3n) is 4.83. The summed E-state index contributed by atoms with van der Waals surface area (Å²) >= 11 is 1.74. The van der Waals surface area contributed by atoms with Gasteiger partial charge in [-0.25, -0.2) is 8.42 Å². The van der Waals surface area contributed by atoms with Gasteiger partial charge in [0.25, 0.3) is 0 Å². The van der Waals surface area contributed by atoms with E-state index in [1.807, 2.05) is 45.0 Å². The third kappa shape index (κ3) is 6.77. The molecule has 1 N–H and O–H groups in total. The van der Waals surface area contributed by atoms with Gasteiger partial charge in [-0.15, -0.1) is 0 Å². The van der Waals surface area contributed by atoms with E-state index in [0.717, 1.165) is 28.9 Å². The minimum Gasteiger partial charge on any atom is -0.353 e. The van der Waals surface area contributed by atoms with Crippen LogP contribution < -0.4 is 9.62 Å². The second-order valence-corrected chi connectivity index (χ2v) is 10.6. The predicted octanol–water partition coefficient (Wildman–Crippen LogP) is 4.21. The number of hydrogen-bond acceptors (Lipinski definition) is 4. The maximum Gasteiger partial charge on any atom is 0.243 e. The first-order chi connectivity index (χ1) is 14.1. The van der Waals surface area contributed by atoms with E-state index >= 15 is 0 Å². The lowest BCUT2D eigenvalue weighted by Crippen LogP contribution is -2.50. The summed E-state index contributed by atoms with van der Waals surface area (Å²) in [5, 5.41) is 2.92. The van der Waals surface area contributed by atoms with Gasteiger partial charge in [-0.2, -0.15) is 11.8 Å². The van der Waals surface area contributed by atoms with Crippen LogP contribution in [-0.4, -0.2) is 38.9 Å². The Morgan fingerprint density at radius 2 is 1.80 bits per heavy atom. The number of amides is 1. The highest BCUT2D eigenvalue weighted by atomic mass is 32.2. The van der Waals surface area contributed by atoms with E-state index in [2.05, 4.69) is 30.4 Å². The van der Waals surface area contributed by atoms with E-state index in [9.17, 15) is 13.2 Å². The lowest BCUT2D eigenvalue weighted by molar-refractivity contribution is -0.122. The fourth-order valence-corrected chi connectivity index (χ4v) is 5.42. The van der Waals surface area contributed by atoms with Crippen LogP contribution in [0.15, 0.2) is 42.5 Å². The van der Waals surface area contributed by atoms with Crippen LogP contribution in [0.5, 0.6) is 0 Å². The van der Waals surface area contributed by atoms with Gasteiger partial charge in [0.15, 0.2) is 0 Å². The molecule has 2 rings (SSSR count). The Morgan fingerprint density at radius 3 is 2.43 bits per heavy atom. The summed E-state index contributed by atoms with van der Waals surface area (Å²) in [5.74, 6) is 1.38. The van der Waals surface area contributed by atoms with E-state index in [0.29, 0.717) is 18.7 Å². The minimum atomic E-state index is -3.62. The highest BCUT2D eigenvalue weighted by Gasteiger charge is 2.32. The quantitative estimate of drug-likeness (QED) is 0.553. The maximum atomic E-state index is 12.9. The molecule has 30 heavy (non-hydrogen) atoms. The highest BCUT2D eigenvalue weighted by Crippen LogP contribution is 2.27. The van der Waals surface area contributed by atoms with Crippen molar-refractivity contribution in [2.24, 2.45) is 0 Å². The second kappa shape index (κ2) is 10.9. The average Bonchev–Trinajstić information content (AvgIpc) is 2.67. The Labute approximate surface area is 185 Å². The summed E-state index contributed by atoms with van der Waals surface area (Å²) in [6.45, 7) is 8.18. The van der Waals surface area contributed by atoms with Crippen molar-refractivity contribution in [1.29, 1.82) is 0 Å². The molecule has 2 aromatic carbocycles. The molecule has 0 spiro atoms. The summed E-state index contributed by atoms with van der Waals surface area (Å²) < 4.78 is 26.5. The second-order valence-electron chi connectivity index (χ2n) is 7.61. The topological polar surface area (TPSA) is 66.5 Å². The monoisotopic (exact) mass is 448 g/mol. The molecule has 0 aliphatic heterocycles. The molecular formula is C23H32N2O3S2. The van der Waals surface area contributed by atoms with Crippen LogP contribution in [0, 0.1) is 20.8 Å². The number of carbonyl (C=O) groups excluding carboxylic acids is 1. The summed E-state index contributed by atoms with van der Waals surface area (Å²) in [4.78, 5) is 12.9. The first-order valence-corrected chi connectivity index (χ1v) is 13.1. The number of hydrogen-bond donors (Lipinski definition) is 1. The lowest BCUT2D eigenvalue weighted by Gasteiger charge is -2.31. The first-order valence-electron chi connectivity index (χ1n) is 10.1. The fourth-order valence-electron chi connectivity index (χ4n) is 3.35. The van der Waals surface area contributed by atoms with E-state index in [-0.39, 0.29) is 5.91 Å². The van der Waals surface area contributed by atoms with Crippen molar-refractivity contribution in [3.8, 4) is 0 Å². The smallest absolute Gasteiger partial charge is 0.243 e. The zero-order valence-corrected chi connectivity index (χ0v) is 20.1. The number of rotatable bonds is 10. The van der Waals surface area contributed by atoms with E-state index in [1.165, 1.54) is 15.4 Å². The Balaban J connectivity index is 2.02. The van der Waals surface area contributed by atoms with Crippen LogP contribution in [0.2, 0.25) is 0 Å². The number of aryl methyl sites for hydroxylation is 3. The van der Waals surface area contributed by atoms with Gasteiger partial charge in [0.1, 0.15) is 6.04 Å². The van der Waals surface area contributed by atoms with Crippen molar-refractivity contribution in [2.45, 2.75) is 45.9 Å². The Kier molecular flexibility index (Phi) is 8.79. The van der Waals surface area contributed by atoms with Gasteiger partial charge in [0.2, 0.25) is 15.9 Å². The molecule has 0 heterocycles. The fraction of sp³-hybridized carbons (Fsp3) is 0.435. The molecule has 0 bridgehead atoms. The van der Waals surface area contributed by atoms with Gasteiger partial charge in [-0.05, 0) is 49.9 Å². The van der Waals surface area contributed by atoms with Crippen LogP contribution in [-0.2, 0) is 20.6 Å². The van der Waals surface area contributed by atoms with Crippen molar-refractivity contribution < 1.29 is 13.2 Å². The zero-order chi connectivity index (χ0) is 22.3. The van der Waals surface area contributed by atoms with Gasteiger partial charge in [-0.1, -0.05) is 48.9 Å². The molecule has 2 aromatic rings. The zero-order valence-electron chi connectivity index (χ0n) is 18.4. The molecular weight excluding hydrogens is 416 g/mol. The van der Waals surface area contributed by atoms with Gasteiger partial charge in [0, 0.05) is 18.1 Å². The van der Waals surface area contributed by atoms with Crippen molar-refractivity contribution in [1.82, 2.24) is 5.32 Å². The molecule has 0 saturated carbocycles. The largest absolute Gasteiger partial charge is 0.353 e. The molecule has 0 unspecified atom stereocenters. The SMILES string of the molecule is CC[C@H](C(=O)NCCSCc1cccc(C)c1)N(c1cc(C)ccc1C)S(C)(=O)=O. The molecule has 5 nitrogen and oxygen atoms in total. The molecule has 0 aromatic heterocycles. The summed E-state index contributed by atoms with van der Waals surface area (Å²) in [6, 6.07) is 13.2. The number of nitrogens with zero attached hydrogens (tertiary/aromatic N) is 1. The summed E-state index contributed by atoms with van der Waals surface area (Å²) in [6.07, 6.45) is 1.55. The number of benzene rings is 2. The highest BCUT2D eigenvalue weighted by molar-refractivity contribution is 7.98. The number of carbonyl (C=O) groups is 1. The van der Waals surface area contributed by atoms with Crippen molar-refractivity contribution in [3.63, 3.8) is 0 Å². The lowest BCUT2D eigenvalue weighted by atomic mass is 10.1. The number of nitrogens with one attached hydrogen (secondary N) is 1. The van der Waals surface area contributed by atoms with Crippen LogP contribution in [0.25, 0.3) is 0 Å². The van der Waals surface area contributed by atoms with Crippen molar-refractivity contribution in [3.05, 3.63) is 64.7 Å². The Hall–Kier alpha value is -1.99. The van der Waals surface area contributed by atoms with Gasteiger partial charge >= 0.3 is 0 Å². The molecule has 0 aliphatic rings. The van der Waals surface area contributed by atoms with Gasteiger partial charge in [0.05, 0.1) is 11.9 Å². The van der Waals surface area contributed by atoms with Crippen molar-refractivity contribution >= 4 is 33.4 Å².